The van der Waals surface area contributed by atoms with E-state index in [2.05, 4.69) is 6.07 Å². The molecule has 0 fully saturated rings. The zero-order chi connectivity index (χ0) is 15.0. The Labute approximate surface area is 133 Å². The second-order valence-electron chi connectivity index (χ2n) is 5.09. The molecule has 0 unspecified atom stereocenters. The van der Waals surface area contributed by atoms with E-state index in [4.69, 9.17) is 23.2 Å². The molecule has 0 amide bonds. The van der Waals surface area contributed by atoms with Gasteiger partial charge >= 0.3 is 0 Å². The van der Waals surface area contributed by atoms with Crippen molar-refractivity contribution in [3.63, 3.8) is 0 Å². The fourth-order valence-electron chi connectivity index (χ4n) is 2.65. The molecule has 1 N–H and O–H groups in total. The molecule has 0 saturated heterocycles. The summed E-state index contributed by atoms with van der Waals surface area (Å²) in [7, 11) is 0. The Bertz CT molecular complexity index is 811. The highest BCUT2D eigenvalue weighted by Gasteiger charge is 2.18. The lowest BCUT2D eigenvalue weighted by Gasteiger charge is -2.18. The minimum absolute atomic E-state index is 0.474. The molecule has 0 aliphatic rings. The highest BCUT2D eigenvalue weighted by atomic mass is 35.5. The molecule has 21 heavy (non-hydrogen) atoms. The van der Waals surface area contributed by atoms with Crippen LogP contribution in [0.5, 0.6) is 0 Å². The van der Waals surface area contributed by atoms with Crippen molar-refractivity contribution in [1.82, 2.24) is 0 Å². The van der Waals surface area contributed by atoms with Crippen LogP contribution in [-0.4, -0.2) is 5.11 Å². The second-order valence-corrected chi connectivity index (χ2v) is 5.93. The summed E-state index contributed by atoms with van der Waals surface area (Å²) in [5, 5.41) is 14.0. The van der Waals surface area contributed by atoms with Crippen molar-refractivity contribution in [2.24, 2.45) is 0 Å². The van der Waals surface area contributed by atoms with E-state index in [1.165, 1.54) is 0 Å². The Morgan fingerprint density at radius 1 is 0.952 bits per heavy atom. The summed E-state index contributed by atoms with van der Waals surface area (Å²) in [5.41, 5.74) is 2.59. The summed E-state index contributed by atoms with van der Waals surface area (Å²) >= 11 is 12.2. The number of rotatable bonds is 2. The Balaban J connectivity index is 2.21. The van der Waals surface area contributed by atoms with Crippen LogP contribution in [-0.2, 0) is 0 Å². The van der Waals surface area contributed by atoms with E-state index in [9.17, 15) is 5.11 Å². The Hall–Kier alpha value is -1.54. The molecular formula is C18H14Cl2O. The first-order valence-electron chi connectivity index (χ1n) is 6.69. The summed E-state index contributed by atoms with van der Waals surface area (Å²) in [6.07, 6.45) is -0.777. The van der Waals surface area contributed by atoms with Gasteiger partial charge in [0.25, 0.3) is 0 Å². The predicted octanol–water partition coefficient (Wildman–Crippen LogP) is 5.54. The number of aliphatic hydroxyl groups is 1. The lowest BCUT2D eigenvalue weighted by molar-refractivity contribution is 0.221. The zero-order valence-corrected chi connectivity index (χ0v) is 13.0. The molecule has 0 saturated carbocycles. The zero-order valence-electron chi connectivity index (χ0n) is 11.5. The Morgan fingerprint density at radius 2 is 1.71 bits per heavy atom. The fraction of sp³-hybridized carbons (Fsp3) is 0.111. The molecule has 0 spiro atoms. The maximum Gasteiger partial charge on any atom is 0.106 e. The summed E-state index contributed by atoms with van der Waals surface area (Å²) < 4.78 is 0. The summed E-state index contributed by atoms with van der Waals surface area (Å²) in [4.78, 5) is 0. The third-order valence-corrected chi connectivity index (χ3v) is 4.28. The maximum atomic E-state index is 10.8. The van der Waals surface area contributed by atoms with E-state index in [1.807, 2.05) is 37.3 Å². The van der Waals surface area contributed by atoms with Gasteiger partial charge in [0.2, 0.25) is 0 Å². The molecule has 0 heterocycles. The number of fused-ring (bicyclic) bond motifs is 1. The quantitative estimate of drug-likeness (QED) is 0.658. The number of aryl methyl sites for hydroxylation is 1. The van der Waals surface area contributed by atoms with E-state index in [0.717, 1.165) is 21.9 Å². The van der Waals surface area contributed by atoms with Crippen molar-refractivity contribution in [3.8, 4) is 0 Å². The minimum atomic E-state index is -0.777. The van der Waals surface area contributed by atoms with Crippen molar-refractivity contribution >= 4 is 34.0 Å². The van der Waals surface area contributed by atoms with Gasteiger partial charge in [-0.05, 0) is 41.0 Å². The highest BCUT2D eigenvalue weighted by Crippen LogP contribution is 2.35. The van der Waals surface area contributed by atoms with Crippen LogP contribution in [0.2, 0.25) is 10.0 Å². The van der Waals surface area contributed by atoms with E-state index >= 15 is 0 Å². The summed E-state index contributed by atoms with van der Waals surface area (Å²) in [6.45, 7) is 1.99. The molecule has 0 bridgehead atoms. The number of halogens is 2. The average molecular weight is 317 g/mol. The monoisotopic (exact) mass is 316 g/mol. The first kappa shape index (κ1) is 14.4. The van der Waals surface area contributed by atoms with Crippen molar-refractivity contribution in [3.05, 3.63) is 81.3 Å². The van der Waals surface area contributed by atoms with Crippen molar-refractivity contribution in [1.29, 1.82) is 0 Å². The van der Waals surface area contributed by atoms with Crippen LogP contribution in [0, 0.1) is 6.92 Å². The average Bonchev–Trinajstić information content (AvgIpc) is 2.46. The summed E-state index contributed by atoms with van der Waals surface area (Å²) in [6, 6.07) is 17.3. The van der Waals surface area contributed by atoms with Crippen LogP contribution in [0.15, 0.2) is 54.6 Å². The maximum absolute atomic E-state index is 10.8. The summed E-state index contributed by atoms with van der Waals surface area (Å²) in [5.74, 6) is 0. The molecule has 3 aromatic rings. The molecular weight excluding hydrogens is 303 g/mol. The molecule has 0 aromatic heterocycles. The first-order valence-corrected chi connectivity index (χ1v) is 7.45. The van der Waals surface area contributed by atoms with Gasteiger partial charge < -0.3 is 5.11 Å². The van der Waals surface area contributed by atoms with Crippen molar-refractivity contribution in [2.75, 3.05) is 0 Å². The van der Waals surface area contributed by atoms with Gasteiger partial charge in [0.15, 0.2) is 0 Å². The topological polar surface area (TPSA) is 20.2 Å². The molecule has 3 aromatic carbocycles. The number of hydrogen-bond acceptors (Lipinski definition) is 1. The van der Waals surface area contributed by atoms with Gasteiger partial charge in [0.1, 0.15) is 6.10 Å². The van der Waals surface area contributed by atoms with Crippen molar-refractivity contribution in [2.45, 2.75) is 13.0 Å². The van der Waals surface area contributed by atoms with E-state index in [1.54, 1.807) is 18.2 Å². The lowest BCUT2D eigenvalue weighted by Crippen LogP contribution is -2.04. The molecule has 3 heteroatoms. The van der Waals surface area contributed by atoms with Gasteiger partial charge in [-0.15, -0.1) is 0 Å². The SMILES string of the molecule is Cc1ccc2ccccc2c1[C@@H](O)c1ccc(Cl)cc1Cl. The molecule has 0 aliphatic heterocycles. The largest absolute Gasteiger partial charge is 0.384 e. The van der Waals surface area contributed by atoms with Gasteiger partial charge in [-0.2, -0.15) is 0 Å². The smallest absolute Gasteiger partial charge is 0.106 e. The Kier molecular flexibility index (Phi) is 3.90. The van der Waals surface area contributed by atoms with Gasteiger partial charge in [0, 0.05) is 15.6 Å². The van der Waals surface area contributed by atoms with Gasteiger partial charge in [-0.1, -0.05) is 65.7 Å². The fourth-order valence-corrected chi connectivity index (χ4v) is 3.16. The van der Waals surface area contributed by atoms with E-state index in [0.29, 0.717) is 15.6 Å². The van der Waals surface area contributed by atoms with Crippen LogP contribution < -0.4 is 0 Å². The predicted molar refractivity (Wildman–Crippen MR) is 89.2 cm³/mol. The standard InChI is InChI=1S/C18H14Cl2O/c1-11-6-7-12-4-2-3-5-14(12)17(11)18(21)15-9-8-13(19)10-16(15)20/h2-10,18,21H,1H3/t18-/m0/s1. The van der Waals surface area contributed by atoms with Crippen LogP contribution in [0.4, 0.5) is 0 Å². The molecule has 0 aliphatic carbocycles. The first-order chi connectivity index (χ1) is 10.1. The van der Waals surface area contributed by atoms with Gasteiger partial charge in [0.05, 0.1) is 0 Å². The third-order valence-electron chi connectivity index (χ3n) is 3.72. The van der Waals surface area contributed by atoms with Crippen molar-refractivity contribution < 1.29 is 5.11 Å². The highest BCUT2D eigenvalue weighted by molar-refractivity contribution is 6.35. The van der Waals surface area contributed by atoms with Crippen LogP contribution in [0.1, 0.15) is 22.8 Å². The lowest BCUT2D eigenvalue weighted by atomic mass is 9.92. The van der Waals surface area contributed by atoms with Crippen LogP contribution >= 0.6 is 23.2 Å². The van der Waals surface area contributed by atoms with E-state index in [-0.39, 0.29) is 0 Å². The number of hydrogen-bond donors (Lipinski definition) is 1. The number of aliphatic hydroxyl groups excluding tert-OH is 1. The normalized spacial score (nSPS) is 12.6. The minimum Gasteiger partial charge on any atom is -0.384 e. The molecule has 1 nitrogen and oxygen atoms in total. The number of benzene rings is 3. The van der Waals surface area contributed by atoms with Crippen LogP contribution in [0.25, 0.3) is 10.8 Å². The van der Waals surface area contributed by atoms with Gasteiger partial charge in [-0.3, -0.25) is 0 Å². The molecule has 0 radical (unpaired) electrons. The molecule has 1 atom stereocenters. The van der Waals surface area contributed by atoms with Gasteiger partial charge in [-0.25, -0.2) is 0 Å². The Morgan fingerprint density at radius 3 is 2.48 bits per heavy atom. The van der Waals surface area contributed by atoms with E-state index < -0.39 is 6.10 Å². The molecule has 3 rings (SSSR count). The van der Waals surface area contributed by atoms with Crippen LogP contribution in [0.3, 0.4) is 0 Å². The third kappa shape index (κ3) is 2.65. The molecule has 106 valence electrons. The second kappa shape index (κ2) is 5.69.